The Labute approximate surface area is 114 Å². The fourth-order valence-electron chi connectivity index (χ4n) is 1.40. The van der Waals surface area contributed by atoms with Gasteiger partial charge in [0.05, 0.1) is 0 Å². The molecule has 0 saturated carbocycles. The summed E-state index contributed by atoms with van der Waals surface area (Å²) in [5, 5.41) is 1.99. The van der Waals surface area contributed by atoms with Gasteiger partial charge in [-0.1, -0.05) is 29.3 Å². The van der Waals surface area contributed by atoms with Crippen LogP contribution in [-0.4, -0.2) is 12.1 Å². The van der Waals surface area contributed by atoms with E-state index in [1.54, 1.807) is 17.4 Å². The number of thiophene rings is 1. The highest BCUT2D eigenvalue weighted by molar-refractivity contribution is 7.13. The fraction of sp³-hybridized carbons (Fsp3) is 0.167. The molecule has 0 fully saturated rings. The first kappa shape index (κ1) is 12.6. The van der Waals surface area contributed by atoms with Gasteiger partial charge in [-0.15, -0.1) is 11.3 Å². The third-order valence-electron chi connectivity index (χ3n) is 2.08. The van der Waals surface area contributed by atoms with Crippen molar-refractivity contribution in [1.82, 2.24) is 0 Å². The van der Waals surface area contributed by atoms with Gasteiger partial charge in [0.25, 0.3) is 0 Å². The highest BCUT2D eigenvalue weighted by atomic mass is 35.5. The molecular formula is C12H9Cl2O2S. The molecule has 17 heavy (non-hydrogen) atoms. The number of halogens is 2. The Bertz CT molecular complexity index is 471. The lowest BCUT2D eigenvalue weighted by molar-refractivity contribution is 0.377. The van der Waals surface area contributed by atoms with Crippen LogP contribution in [0.25, 0.3) is 10.4 Å². The maximum absolute atomic E-state index is 5.58. The molecule has 2 rings (SSSR count). The molecule has 0 bridgehead atoms. The molecule has 0 atom stereocenters. The first-order valence-corrected chi connectivity index (χ1v) is 6.77. The zero-order valence-corrected chi connectivity index (χ0v) is 11.1. The summed E-state index contributed by atoms with van der Waals surface area (Å²) in [7, 11) is 0. The van der Waals surface area contributed by atoms with Gasteiger partial charge in [-0.25, -0.2) is 0 Å². The van der Waals surface area contributed by atoms with E-state index >= 15 is 0 Å². The SMILES string of the molecule is ClCOc1c[c]c(OCCl)c(-c2cccs2)c1. The minimum atomic E-state index is 0.0879. The predicted molar refractivity (Wildman–Crippen MR) is 71.3 cm³/mol. The predicted octanol–water partition coefficient (Wildman–Crippen LogP) is 4.37. The van der Waals surface area contributed by atoms with Crippen LogP contribution in [0.1, 0.15) is 0 Å². The summed E-state index contributed by atoms with van der Waals surface area (Å²) >= 11 is 12.7. The number of hydrogen-bond donors (Lipinski definition) is 0. The van der Waals surface area contributed by atoms with E-state index in [1.807, 2.05) is 23.6 Å². The van der Waals surface area contributed by atoms with Gasteiger partial charge in [0.15, 0.2) is 12.1 Å². The molecule has 1 aromatic heterocycles. The fourth-order valence-corrected chi connectivity index (χ4v) is 2.37. The average Bonchev–Trinajstić information content (AvgIpc) is 2.85. The summed E-state index contributed by atoms with van der Waals surface area (Å²) in [6.07, 6.45) is 0. The third kappa shape index (κ3) is 3.06. The van der Waals surface area contributed by atoms with Crippen LogP contribution in [0.2, 0.25) is 0 Å². The van der Waals surface area contributed by atoms with E-state index in [-0.39, 0.29) is 12.1 Å². The molecular weight excluding hydrogens is 279 g/mol. The summed E-state index contributed by atoms with van der Waals surface area (Å²) in [6.45, 7) is 0. The van der Waals surface area contributed by atoms with Crippen molar-refractivity contribution in [2.45, 2.75) is 0 Å². The zero-order valence-electron chi connectivity index (χ0n) is 8.78. The van der Waals surface area contributed by atoms with Gasteiger partial charge in [-0.3, -0.25) is 0 Å². The van der Waals surface area contributed by atoms with Crippen LogP contribution >= 0.6 is 34.5 Å². The van der Waals surface area contributed by atoms with E-state index in [1.165, 1.54) is 0 Å². The Morgan fingerprint density at radius 2 is 2.06 bits per heavy atom. The minimum absolute atomic E-state index is 0.0879. The van der Waals surface area contributed by atoms with Gasteiger partial charge in [-0.2, -0.15) is 0 Å². The molecule has 0 N–H and O–H groups in total. The number of rotatable bonds is 5. The van der Waals surface area contributed by atoms with Crippen molar-refractivity contribution in [3.05, 3.63) is 35.7 Å². The van der Waals surface area contributed by atoms with Crippen LogP contribution in [0.15, 0.2) is 29.6 Å². The van der Waals surface area contributed by atoms with Gasteiger partial charge in [0.1, 0.15) is 11.5 Å². The topological polar surface area (TPSA) is 18.5 Å². The summed E-state index contributed by atoms with van der Waals surface area (Å²) in [6, 6.07) is 10.7. The van der Waals surface area contributed by atoms with Gasteiger partial charge in [-0.05, 0) is 23.6 Å². The van der Waals surface area contributed by atoms with Crippen LogP contribution < -0.4 is 9.47 Å². The molecule has 1 aromatic carbocycles. The highest BCUT2D eigenvalue weighted by Gasteiger charge is 2.09. The lowest BCUT2D eigenvalue weighted by Crippen LogP contribution is -1.94. The normalized spacial score (nSPS) is 10.2. The maximum Gasteiger partial charge on any atom is 0.162 e. The molecule has 1 heterocycles. The van der Waals surface area contributed by atoms with Crippen molar-refractivity contribution in [1.29, 1.82) is 0 Å². The lowest BCUT2D eigenvalue weighted by atomic mass is 10.1. The molecule has 0 aliphatic rings. The van der Waals surface area contributed by atoms with E-state index in [0.717, 1.165) is 10.4 Å². The molecule has 89 valence electrons. The Kier molecular flexibility index (Phi) is 4.54. The van der Waals surface area contributed by atoms with E-state index in [4.69, 9.17) is 32.7 Å². The smallest absolute Gasteiger partial charge is 0.162 e. The Balaban J connectivity index is 2.40. The number of ether oxygens (including phenoxy) is 2. The van der Waals surface area contributed by atoms with Crippen molar-refractivity contribution >= 4 is 34.5 Å². The monoisotopic (exact) mass is 287 g/mol. The third-order valence-corrected chi connectivity index (χ3v) is 3.20. The molecule has 5 heteroatoms. The molecule has 0 aliphatic carbocycles. The van der Waals surface area contributed by atoms with Gasteiger partial charge in [0, 0.05) is 16.5 Å². The van der Waals surface area contributed by atoms with Crippen molar-refractivity contribution in [2.24, 2.45) is 0 Å². The zero-order chi connectivity index (χ0) is 12.1. The van der Waals surface area contributed by atoms with Crippen molar-refractivity contribution < 1.29 is 9.47 Å². The van der Waals surface area contributed by atoms with Gasteiger partial charge < -0.3 is 9.47 Å². The standard InChI is InChI=1S/C12H9Cl2O2S/c13-7-15-9-3-4-11(16-8-14)10(6-9)12-2-1-5-17-12/h1-3,5-6H,7-8H2. The number of benzene rings is 1. The largest absolute Gasteiger partial charge is 0.478 e. The van der Waals surface area contributed by atoms with Gasteiger partial charge in [0.2, 0.25) is 0 Å². The Morgan fingerprint density at radius 1 is 1.24 bits per heavy atom. The molecule has 2 nitrogen and oxygen atoms in total. The summed E-state index contributed by atoms with van der Waals surface area (Å²) < 4.78 is 10.5. The average molecular weight is 288 g/mol. The lowest BCUT2D eigenvalue weighted by Gasteiger charge is -2.10. The molecule has 0 amide bonds. The van der Waals surface area contributed by atoms with Crippen molar-refractivity contribution in [2.75, 3.05) is 12.1 Å². The molecule has 0 spiro atoms. The molecule has 1 radical (unpaired) electrons. The molecule has 0 saturated heterocycles. The first-order chi connectivity index (χ1) is 8.35. The van der Waals surface area contributed by atoms with Crippen LogP contribution in [0.5, 0.6) is 11.5 Å². The Morgan fingerprint density at radius 3 is 2.71 bits per heavy atom. The quantitative estimate of drug-likeness (QED) is 0.761. The van der Waals surface area contributed by atoms with Crippen LogP contribution in [0.4, 0.5) is 0 Å². The van der Waals surface area contributed by atoms with Crippen LogP contribution in [-0.2, 0) is 0 Å². The summed E-state index contributed by atoms with van der Waals surface area (Å²) in [4.78, 5) is 1.07. The van der Waals surface area contributed by atoms with Gasteiger partial charge >= 0.3 is 0 Å². The van der Waals surface area contributed by atoms with Crippen LogP contribution in [0, 0.1) is 6.07 Å². The van der Waals surface area contributed by atoms with E-state index in [0.29, 0.717) is 11.5 Å². The number of alkyl halides is 2. The van der Waals surface area contributed by atoms with E-state index in [9.17, 15) is 0 Å². The second-order valence-corrected chi connectivity index (χ2v) is 4.45. The number of hydrogen-bond acceptors (Lipinski definition) is 3. The highest BCUT2D eigenvalue weighted by Crippen LogP contribution is 2.35. The first-order valence-electron chi connectivity index (χ1n) is 4.82. The van der Waals surface area contributed by atoms with Crippen molar-refractivity contribution in [3.63, 3.8) is 0 Å². The molecule has 2 aromatic rings. The second kappa shape index (κ2) is 6.15. The molecule has 0 aliphatic heterocycles. The Hall–Kier alpha value is -0.900. The van der Waals surface area contributed by atoms with E-state index < -0.39 is 0 Å². The summed E-state index contributed by atoms with van der Waals surface area (Å²) in [5.74, 6) is 1.27. The van der Waals surface area contributed by atoms with E-state index in [2.05, 4.69) is 6.07 Å². The molecule has 0 unspecified atom stereocenters. The van der Waals surface area contributed by atoms with Crippen LogP contribution in [0.3, 0.4) is 0 Å². The van der Waals surface area contributed by atoms with Crippen molar-refractivity contribution in [3.8, 4) is 21.9 Å². The second-order valence-electron chi connectivity index (χ2n) is 3.06. The maximum atomic E-state index is 5.58. The summed E-state index contributed by atoms with van der Waals surface area (Å²) in [5.41, 5.74) is 0.906. The minimum Gasteiger partial charge on any atom is -0.478 e.